The van der Waals surface area contributed by atoms with Gasteiger partial charge < -0.3 is 9.47 Å². The number of halogens is 1. The van der Waals surface area contributed by atoms with Crippen LogP contribution >= 0.6 is 11.6 Å². The molecule has 1 aliphatic heterocycles. The second-order valence-electron chi connectivity index (χ2n) is 6.10. The number of hydrogen-bond donors (Lipinski definition) is 0. The maximum absolute atomic E-state index is 12.3. The van der Waals surface area contributed by atoms with Crippen molar-refractivity contribution in [2.24, 2.45) is 4.99 Å². The zero-order chi connectivity index (χ0) is 19.7. The number of para-hydroxylation sites is 1. The van der Waals surface area contributed by atoms with Crippen molar-refractivity contribution in [2.45, 2.75) is 6.92 Å². The van der Waals surface area contributed by atoms with Gasteiger partial charge in [0, 0.05) is 11.1 Å². The van der Waals surface area contributed by atoms with E-state index in [1.54, 1.807) is 42.1 Å². The van der Waals surface area contributed by atoms with Crippen molar-refractivity contribution in [3.63, 3.8) is 0 Å². The molecule has 0 amide bonds. The highest BCUT2D eigenvalue weighted by atomic mass is 35.5. The molecule has 2 aromatic carbocycles. The number of benzene rings is 2. The van der Waals surface area contributed by atoms with Crippen LogP contribution in [-0.4, -0.2) is 28.8 Å². The van der Waals surface area contributed by atoms with Gasteiger partial charge in [-0.1, -0.05) is 29.8 Å². The van der Waals surface area contributed by atoms with Crippen molar-refractivity contribution in [1.29, 1.82) is 0 Å². The van der Waals surface area contributed by atoms with Gasteiger partial charge in [0.25, 0.3) is 0 Å². The Morgan fingerprint density at radius 3 is 2.50 bits per heavy atom. The lowest BCUT2D eigenvalue weighted by molar-refractivity contribution is -0.129. The molecule has 3 aromatic rings. The van der Waals surface area contributed by atoms with Gasteiger partial charge in [-0.15, -0.1) is 0 Å². The molecular formula is C21H16ClN3O3. The SMILES string of the molecule is COc1ccc(C2=N/C(=C/c3c(C)nn(-c4ccccc4)c3Cl)C(=O)O2)cc1. The zero-order valence-electron chi connectivity index (χ0n) is 15.2. The predicted octanol–water partition coefficient (Wildman–Crippen LogP) is 4.19. The number of esters is 1. The summed E-state index contributed by atoms with van der Waals surface area (Å²) in [5, 5.41) is 4.87. The van der Waals surface area contributed by atoms with Gasteiger partial charge >= 0.3 is 5.97 Å². The molecule has 4 rings (SSSR count). The summed E-state index contributed by atoms with van der Waals surface area (Å²) in [5.74, 6) is 0.414. The number of aliphatic imine (C=N–C) groups is 1. The van der Waals surface area contributed by atoms with Gasteiger partial charge in [0.05, 0.1) is 18.5 Å². The highest BCUT2D eigenvalue weighted by Gasteiger charge is 2.25. The monoisotopic (exact) mass is 393 g/mol. The molecule has 0 atom stereocenters. The van der Waals surface area contributed by atoms with Crippen LogP contribution in [0.1, 0.15) is 16.8 Å². The van der Waals surface area contributed by atoms with Crippen molar-refractivity contribution in [1.82, 2.24) is 9.78 Å². The van der Waals surface area contributed by atoms with Crippen LogP contribution in [0.2, 0.25) is 5.15 Å². The van der Waals surface area contributed by atoms with E-state index >= 15 is 0 Å². The van der Waals surface area contributed by atoms with Crippen LogP contribution in [0.3, 0.4) is 0 Å². The number of hydrogen-bond acceptors (Lipinski definition) is 5. The third-order valence-corrected chi connectivity index (χ3v) is 4.65. The number of methoxy groups -OCH3 is 1. The fourth-order valence-electron chi connectivity index (χ4n) is 2.82. The minimum atomic E-state index is -0.534. The molecule has 1 aromatic heterocycles. The van der Waals surface area contributed by atoms with Crippen LogP contribution in [-0.2, 0) is 9.53 Å². The molecule has 28 heavy (non-hydrogen) atoms. The number of aromatic nitrogens is 2. The van der Waals surface area contributed by atoms with Crippen LogP contribution in [0, 0.1) is 6.92 Å². The summed E-state index contributed by atoms with van der Waals surface area (Å²) < 4.78 is 12.1. The van der Waals surface area contributed by atoms with Crippen molar-refractivity contribution < 1.29 is 14.3 Å². The zero-order valence-corrected chi connectivity index (χ0v) is 16.0. The van der Waals surface area contributed by atoms with Crippen molar-refractivity contribution in [2.75, 3.05) is 7.11 Å². The van der Waals surface area contributed by atoms with Gasteiger partial charge in [0.1, 0.15) is 10.9 Å². The number of ether oxygens (including phenoxy) is 2. The Bertz CT molecular complexity index is 1100. The lowest BCUT2D eigenvalue weighted by Crippen LogP contribution is -2.05. The molecule has 0 unspecified atom stereocenters. The van der Waals surface area contributed by atoms with Crippen molar-refractivity contribution in [3.05, 3.63) is 82.3 Å². The number of carbonyl (C=O) groups excluding carboxylic acids is 1. The summed E-state index contributed by atoms with van der Waals surface area (Å²) in [6.07, 6.45) is 1.60. The summed E-state index contributed by atoms with van der Waals surface area (Å²) in [4.78, 5) is 16.6. The fraction of sp³-hybridized carbons (Fsp3) is 0.0952. The lowest BCUT2D eigenvalue weighted by atomic mass is 10.2. The fourth-order valence-corrected chi connectivity index (χ4v) is 3.15. The number of nitrogens with zero attached hydrogens (tertiary/aromatic N) is 3. The van der Waals surface area contributed by atoms with Crippen LogP contribution in [0.5, 0.6) is 5.75 Å². The van der Waals surface area contributed by atoms with Crippen LogP contribution in [0.4, 0.5) is 0 Å². The molecule has 0 bridgehead atoms. The minimum absolute atomic E-state index is 0.170. The number of rotatable bonds is 4. The van der Waals surface area contributed by atoms with Crippen LogP contribution in [0.25, 0.3) is 11.8 Å². The maximum atomic E-state index is 12.3. The molecule has 140 valence electrons. The molecule has 0 spiro atoms. The van der Waals surface area contributed by atoms with Crippen LogP contribution < -0.4 is 4.74 Å². The Morgan fingerprint density at radius 2 is 1.82 bits per heavy atom. The van der Waals surface area contributed by atoms with Gasteiger partial charge in [-0.2, -0.15) is 5.10 Å². The third-order valence-electron chi connectivity index (χ3n) is 4.29. The number of cyclic esters (lactones) is 1. The molecule has 0 saturated heterocycles. The van der Waals surface area contributed by atoms with E-state index in [9.17, 15) is 4.79 Å². The summed E-state index contributed by atoms with van der Waals surface area (Å²) in [6, 6.07) is 16.6. The average molecular weight is 394 g/mol. The summed E-state index contributed by atoms with van der Waals surface area (Å²) in [5.41, 5.74) is 2.99. The first-order valence-corrected chi connectivity index (χ1v) is 8.92. The maximum Gasteiger partial charge on any atom is 0.363 e. The Labute approximate surface area is 166 Å². The van der Waals surface area contributed by atoms with E-state index in [0.717, 1.165) is 5.69 Å². The van der Waals surface area contributed by atoms with E-state index in [1.807, 2.05) is 37.3 Å². The van der Waals surface area contributed by atoms with Crippen molar-refractivity contribution in [3.8, 4) is 11.4 Å². The highest BCUT2D eigenvalue weighted by Crippen LogP contribution is 2.28. The first-order valence-electron chi connectivity index (χ1n) is 8.54. The first kappa shape index (κ1) is 18.0. The molecule has 0 fully saturated rings. The molecule has 0 saturated carbocycles. The van der Waals surface area contributed by atoms with E-state index in [1.165, 1.54) is 0 Å². The first-order chi connectivity index (χ1) is 13.6. The Kier molecular flexibility index (Phi) is 4.71. The van der Waals surface area contributed by atoms with E-state index in [4.69, 9.17) is 21.1 Å². The predicted molar refractivity (Wildman–Crippen MR) is 107 cm³/mol. The normalized spacial score (nSPS) is 14.9. The van der Waals surface area contributed by atoms with E-state index in [-0.39, 0.29) is 11.6 Å². The Hall–Kier alpha value is -3.38. The molecule has 1 aliphatic rings. The van der Waals surface area contributed by atoms with E-state index in [2.05, 4.69) is 10.1 Å². The molecule has 7 heteroatoms. The summed E-state index contributed by atoms with van der Waals surface area (Å²) >= 11 is 6.52. The smallest absolute Gasteiger partial charge is 0.363 e. The summed E-state index contributed by atoms with van der Waals surface area (Å²) in [6.45, 7) is 1.83. The largest absolute Gasteiger partial charge is 0.497 e. The second-order valence-corrected chi connectivity index (χ2v) is 6.46. The third kappa shape index (κ3) is 3.30. The van der Waals surface area contributed by atoms with Gasteiger partial charge in [-0.25, -0.2) is 14.5 Å². The molecule has 2 heterocycles. The molecular weight excluding hydrogens is 378 g/mol. The molecule has 0 aliphatic carbocycles. The second kappa shape index (κ2) is 7.32. The van der Waals surface area contributed by atoms with Crippen LogP contribution in [0.15, 0.2) is 65.3 Å². The highest BCUT2D eigenvalue weighted by molar-refractivity contribution is 6.31. The van der Waals surface area contributed by atoms with Gasteiger partial charge in [-0.3, -0.25) is 0 Å². The van der Waals surface area contributed by atoms with Gasteiger partial charge in [0.15, 0.2) is 5.70 Å². The van der Waals surface area contributed by atoms with Crippen molar-refractivity contribution >= 4 is 29.5 Å². The Balaban J connectivity index is 1.70. The average Bonchev–Trinajstić information content (AvgIpc) is 3.23. The van der Waals surface area contributed by atoms with Gasteiger partial charge in [-0.05, 0) is 49.4 Å². The summed E-state index contributed by atoms with van der Waals surface area (Å²) in [7, 11) is 1.59. The number of carbonyl (C=O) groups is 1. The number of aryl methyl sites for hydroxylation is 1. The molecule has 6 nitrogen and oxygen atoms in total. The van der Waals surface area contributed by atoms with Gasteiger partial charge in [0.2, 0.25) is 5.90 Å². The minimum Gasteiger partial charge on any atom is -0.497 e. The van der Waals surface area contributed by atoms with E-state index in [0.29, 0.717) is 27.7 Å². The topological polar surface area (TPSA) is 65.7 Å². The lowest BCUT2D eigenvalue weighted by Gasteiger charge is -2.02. The Morgan fingerprint density at radius 1 is 1.11 bits per heavy atom. The molecule has 0 radical (unpaired) electrons. The molecule has 0 N–H and O–H groups in total. The standard InChI is InChI=1S/C21H16ClN3O3/c1-13-17(19(22)25(24-13)15-6-4-3-5-7-15)12-18-21(26)28-20(23-18)14-8-10-16(27-2)11-9-14/h3-12H,1-2H3/b18-12+. The quantitative estimate of drug-likeness (QED) is 0.492. The van der Waals surface area contributed by atoms with E-state index < -0.39 is 5.97 Å².